The lowest BCUT2D eigenvalue weighted by atomic mass is 9.63. The number of phenols is 2. The molecule has 390 valence electrons. The van der Waals surface area contributed by atoms with Crippen LogP contribution in [0, 0.1) is 58.7 Å². The number of benzene rings is 3. The highest BCUT2D eigenvalue weighted by molar-refractivity contribution is 5.84. The fourth-order valence-electron chi connectivity index (χ4n) is 15.1. The first-order chi connectivity index (χ1) is 34.8. The summed E-state index contributed by atoms with van der Waals surface area (Å²) in [7, 11) is 3.47. The molecule has 5 aliphatic carbocycles. The average Bonchev–Trinajstić information content (AvgIpc) is 3.76. The number of aromatic hydroxyl groups is 2. The fraction of sp³-hybridized carbons (Fsp3) is 0.617. The molecule has 8 N–H and O–H groups in total. The summed E-state index contributed by atoms with van der Waals surface area (Å²) in [6.07, 6.45) is 17.4. The van der Waals surface area contributed by atoms with Crippen molar-refractivity contribution in [1.29, 1.82) is 0 Å². The van der Waals surface area contributed by atoms with E-state index < -0.39 is 18.3 Å². The van der Waals surface area contributed by atoms with Crippen LogP contribution in [-0.2, 0) is 24.0 Å². The van der Waals surface area contributed by atoms with Crippen LogP contribution in [-0.4, -0.2) is 90.3 Å². The normalized spacial score (nSPS) is 34.0. The third kappa shape index (κ3) is 9.75. The molecule has 0 amide bonds. The van der Waals surface area contributed by atoms with Gasteiger partial charge in [0, 0.05) is 74.8 Å². The van der Waals surface area contributed by atoms with Gasteiger partial charge in [0.1, 0.15) is 29.5 Å². The van der Waals surface area contributed by atoms with Crippen molar-refractivity contribution < 1.29 is 44.5 Å². The van der Waals surface area contributed by atoms with Crippen LogP contribution in [0.1, 0.15) is 125 Å². The summed E-state index contributed by atoms with van der Waals surface area (Å²) in [6.45, 7) is 8.31. The number of rotatable bonds is 8. The molecule has 0 aromatic heterocycles. The molecule has 3 aromatic rings. The number of ether oxygens (including phenoxy) is 4. The van der Waals surface area contributed by atoms with Crippen molar-refractivity contribution in [3.63, 3.8) is 0 Å². The van der Waals surface area contributed by atoms with E-state index >= 15 is 0 Å². The maximum Gasteiger partial charge on any atom is 0.188 e. The number of aliphatic imine (C=N–C) groups is 1. The van der Waals surface area contributed by atoms with Gasteiger partial charge in [-0.05, 0) is 163 Å². The highest BCUT2D eigenvalue weighted by Crippen LogP contribution is 2.57. The molecule has 10 aliphatic rings. The molecule has 5 heterocycles. The molecule has 0 radical (unpaired) electrons. The van der Waals surface area contributed by atoms with Crippen molar-refractivity contribution in [2.45, 2.75) is 135 Å². The van der Waals surface area contributed by atoms with E-state index in [0.717, 1.165) is 91.2 Å². The van der Waals surface area contributed by atoms with E-state index in [9.17, 15) is 25.5 Å². The third-order valence-corrected chi connectivity index (χ3v) is 18.6. The number of guanidine groups is 1. The predicted octanol–water partition coefficient (Wildman–Crippen LogP) is 9.32. The maximum absolute atomic E-state index is 12.4. The molecular weight excluding hydrogens is 907 g/mol. The molecule has 5 aliphatic heterocycles. The summed E-state index contributed by atoms with van der Waals surface area (Å²) in [4.78, 5) is 5.07. The topological polar surface area (TPSA) is 188 Å². The van der Waals surface area contributed by atoms with Crippen LogP contribution in [0.25, 0.3) is 11.1 Å². The predicted molar refractivity (Wildman–Crippen MR) is 281 cm³/mol. The zero-order valence-electron chi connectivity index (χ0n) is 43.3. The van der Waals surface area contributed by atoms with E-state index in [0.29, 0.717) is 97.7 Å². The summed E-state index contributed by atoms with van der Waals surface area (Å²) in [5.41, 5.74) is 13.4. The Bertz CT molecular complexity index is 2520. The van der Waals surface area contributed by atoms with Crippen LogP contribution in [0.2, 0.25) is 0 Å². The summed E-state index contributed by atoms with van der Waals surface area (Å²) in [6, 6.07) is 11.4. The number of hydrogen-bond acceptors (Lipinski definition) is 12. The first-order valence-electron chi connectivity index (χ1n) is 27.4. The van der Waals surface area contributed by atoms with Gasteiger partial charge in [-0.2, -0.15) is 0 Å². The summed E-state index contributed by atoms with van der Waals surface area (Å²) >= 11 is 0. The fourth-order valence-corrected chi connectivity index (χ4v) is 15.1. The minimum Gasteiger partial charge on any atom is -0.508 e. The second-order valence-electron chi connectivity index (χ2n) is 23.3. The Morgan fingerprint density at radius 1 is 0.889 bits per heavy atom. The molecule has 12 bridgehead atoms. The number of fused-ring (bicyclic) bond motifs is 2. The van der Waals surface area contributed by atoms with Crippen molar-refractivity contribution >= 4 is 5.96 Å². The molecule has 72 heavy (non-hydrogen) atoms. The Morgan fingerprint density at radius 2 is 1.69 bits per heavy atom. The zero-order valence-corrected chi connectivity index (χ0v) is 43.3. The minimum absolute atomic E-state index is 0.000114. The van der Waals surface area contributed by atoms with Gasteiger partial charge in [-0.3, -0.25) is 4.99 Å². The lowest BCUT2D eigenvalue weighted by molar-refractivity contribution is -0.0269. The molecule has 0 unspecified atom stereocenters. The largest absolute Gasteiger partial charge is 0.508 e. The van der Waals surface area contributed by atoms with Crippen LogP contribution in [0.4, 0.5) is 0 Å². The van der Waals surface area contributed by atoms with Gasteiger partial charge in [0.25, 0.3) is 0 Å². The Kier molecular flexibility index (Phi) is 15.0. The molecule has 12 heteroatoms. The van der Waals surface area contributed by atoms with Gasteiger partial charge in [-0.25, -0.2) is 0 Å². The summed E-state index contributed by atoms with van der Waals surface area (Å²) in [5.74, 6) is 3.68. The lowest BCUT2D eigenvalue weighted by Gasteiger charge is -2.47. The van der Waals surface area contributed by atoms with Crippen molar-refractivity contribution in [3.8, 4) is 39.9 Å². The Labute approximate surface area is 427 Å². The van der Waals surface area contributed by atoms with Gasteiger partial charge < -0.3 is 55.5 Å². The first-order valence-corrected chi connectivity index (χ1v) is 27.4. The quantitative estimate of drug-likeness (QED) is 0.107. The van der Waals surface area contributed by atoms with Crippen LogP contribution < -0.4 is 25.3 Å². The molecule has 13 rings (SSSR count). The molecule has 2 saturated carbocycles. The van der Waals surface area contributed by atoms with Crippen LogP contribution >= 0.6 is 0 Å². The molecule has 3 aromatic carbocycles. The number of phenolic OH excluding ortho intramolecular Hbond substituents is 2. The Morgan fingerprint density at radius 3 is 2.47 bits per heavy atom. The molecule has 1 spiro atoms. The number of nitrogens with two attached hydrogens (primary N) is 1. The smallest absolute Gasteiger partial charge is 0.188 e. The molecule has 12 nitrogen and oxygen atoms in total. The second-order valence-corrected chi connectivity index (χ2v) is 23.3. The average molecular weight is 988 g/mol. The van der Waals surface area contributed by atoms with Crippen LogP contribution in [0.5, 0.6) is 28.7 Å². The van der Waals surface area contributed by atoms with Crippen molar-refractivity contribution in [2.24, 2.45) is 69.4 Å². The Balaban J connectivity index is 1.09. The first kappa shape index (κ1) is 50.8. The highest BCUT2D eigenvalue weighted by atomic mass is 16.5. The lowest BCUT2D eigenvalue weighted by Crippen LogP contribution is -2.51. The van der Waals surface area contributed by atoms with Gasteiger partial charge in [0.05, 0.1) is 19.3 Å². The van der Waals surface area contributed by atoms with E-state index in [1.807, 2.05) is 18.2 Å². The number of nitrogens with one attached hydrogen (secondary N) is 1. The van der Waals surface area contributed by atoms with Crippen molar-refractivity contribution in [3.05, 3.63) is 88.5 Å². The van der Waals surface area contributed by atoms with Gasteiger partial charge in [0.2, 0.25) is 0 Å². The van der Waals surface area contributed by atoms with Crippen LogP contribution in [0.3, 0.4) is 0 Å². The summed E-state index contributed by atoms with van der Waals surface area (Å²) in [5, 5.41) is 61.9. The van der Waals surface area contributed by atoms with E-state index in [1.54, 1.807) is 26.4 Å². The van der Waals surface area contributed by atoms with E-state index in [1.165, 1.54) is 0 Å². The maximum atomic E-state index is 12.4. The summed E-state index contributed by atoms with van der Waals surface area (Å²) < 4.78 is 25.9. The van der Waals surface area contributed by atoms with E-state index in [2.05, 4.69) is 56.5 Å². The molecular formula is C60H81N3O9. The van der Waals surface area contributed by atoms with E-state index in [4.69, 9.17) is 29.7 Å². The standard InChI is InChI=1S/C60H81N3O9/c1-6-34-21-37-12-11-36(34)22-44(65)29-60(18-7-8-43(60)17-19-69-4)32-63-59(61)62-30-39-13-9-35-10-14-40(31-64)54(39)58(35)72-52-26-38(15-16-48(52)66)57-50(68)27-47-51(71-57)28-53(70-5)56-46-24-42(20-33(2)3)49(67)25-41(46)23-45(37)55(47)56/h9,11-13,15-16,24-26,28,33-37,39-40,43-45,50,54,57-58,64-68H,6-8,10,14,17-23,27,29-32H2,1-5H3,(H3,61,62,63)/t34-,35-,36+,37+,39-,40-,43+,44+,45-,50-,54+,57+,58-,60-/m1/s1. The number of aliphatic hydroxyl groups excluding tert-OH is 3. The highest BCUT2D eigenvalue weighted by Gasteiger charge is 2.48. The molecule has 14 atom stereocenters. The number of methoxy groups -OCH3 is 2. The minimum atomic E-state index is -0.920. The van der Waals surface area contributed by atoms with Crippen LogP contribution in [0.15, 0.2) is 65.7 Å². The zero-order chi connectivity index (χ0) is 50.4. The Hall–Kier alpha value is -4.75. The monoisotopic (exact) mass is 988 g/mol. The number of hydrogen-bond donors (Lipinski definition) is 7. The SMILES string of the molecule is CC[C@@H]1C[C@@H]2C=C[C@H]1C[C@H](O)C[C@]1(CCC[C@H]1CCOC)CN=C(N)NC[C@H]1C=C[C@@H]3CC[C@H](CO)[C@H]1[C@@H]3Oc1cc(ccc1O)[C@@H]1Oc3cc(OC)c4c(c3C[C@H]1O)[C@@H]2Cc1cc(O)c(CC(C)C)cc1-4. The molecule has 2 fully saturated rings. The van der Waals surface area contributed by atoms with Gasteiger partial charge in [-0.1, -0.05) is 64.0 Å². The number of nitrogens with zero attached hydrogens (tertiary/aromatic N) is 1. The van der Waals surface area contributed by atoms with Gasteiger partial charge >= 0.3 is 0 Å². The van der Waals surface area contributed by atoms with E-state index in [-0.39, 0.29) is 65.3 Å². The molecule has 0 saturated heterocycles. The second kappa shape index (κ2) is 21.2. The van der Waals surface area contributed by atoms with Crippen molar-refractivity contribution in [2.75, 3.05) is 40.5 Å². The number of aliphatic hydroxyl groups is 3. The third-order valence-electron chi connectivity index (χ3n) is 18.6. The van der Waals surface area contributed by atoms with Gasteiger partial charge in [-0.15, -0.1) is 0 Å². The number of allylic oxidation sites excluding steroid dienone is 2. The van der Waals surface area contributed by atoms with Gasteiger partial charge in [0.15, 0.2) is 17.5 Å². The van der Waals surface area contributed by atoms with Crippen molar-refractivity contribution in [1.82, 2.24) is 5.32 Å².